The third kappa shape index (κ3) is 4.75. The molecule has 3 aliphatic heterocycles. The number of benzene rings is 1. The highest BCUT2D eigenvalue weighted by molar-refractivity contribution is 7.85. The SMILES string of the molecule is CC(C)C1(Oc2cc(C(=O)OC3C4OC(=O)C5C4OC3C5C(=O)OCCS(=O)(=O)[O-])ccc2F)CCCC1. The quantitative estimate of drug-likeness (QED) is 0.248. The Morgan fingerprint density at radius 1 is 1.18 bits per heavy atom. The monoisotopic (exact) mass is 555 g/mol. The average molecular weight is 556 g/mol. The molecule has 6 unspecified atom stereocenters. The highest BCUT2D eigenvalue weighted by atomic mass is 32.2. The van der Waals surface area contributed by atoms with E-state index in [1.54, 1.807) is 0 Å². The molecule has 0 radical (unpaired) electrons. The molecule has 4 aliphatic rings. The largest absolute Gasteiger partial charge is 0.748 e. The van der Waals surface area contributed by atoms with Crippen molar-refractivity contribution in [1.29, 1.82) is 0 Å². The molecule has 11 nitrogen and oxygen atoms in total. The van der Waals surface area contributed by atoms with Crippen LogP contribution in [0, 0.1) is 23.6 Å². The second kappa shape index (κ2) is 9.76. The highest BCUT2D eigenvalue weighted by Gasteiger charge is 2.72. The number of hydrogen-bond acceptors (Lipinski definition) is 11. The third-order valence-electron chi connectivity index (χ3n) is 7.98. The molecule has 38 heavy (non-hydrogen) atoms. The van der Waals surface area contributed by atoms with Gasteiger partial charge >= 0.3 is 17.9 Å². The summed E-state index contributed by atoms with van der Waals surface area (Å²) >= 11 is 0. The van der Waals surface area contributed by atoms with Gasteiger partial charge in [-0.3, -0.25) is 9.59 Å². The van der Waals surface area contributed by atoms with Crippen molar-refractivity contribution in [2.45, 2.75) is 69.5 Å². The second-order valence-corrected chi connectivity index (χ2v) is 12.0. The van der Waals surface area contributed by atoms with Crippen LogP contribution in [0.5, 0.6) is 5.75 Å². The predicted octanol–water partition coefficient (Wildman–Crippen LogP) is 1.73. The van der Waals surface area contributed by atoms with Gasteiger partial charge in [-0.2, -0.15) is 0 Å². The van der Waals surface area contributed by atoms with Crippen LogP contribution in [-0.4, -0.2) is 73.3 Å². The second-order valence-electron chi connectivity index (χ2n) is 10.5. The van der Waals surface area contributed by atoms with Gasteiger partial charge in [0.2, 0.25) is 0 Å². The Balaban J connectivity index is 1.31. The number of esters is 3. The average Bonchev–Trinajstić information content (AvgIpc) is 3.58. The van der Waals surface area contributed by atoms with Gasteiger partial charge in [0.1, 0.15) is 36.3 Å². The van der Waals surface area contributed by atoms with Crippen LogP contribution in [0.2, 0.25) is 0 Å². The summed E-state index contributed by atoms with van der Waals surface area (Å²) in [5.41, 5.74) is -0.532. The Kier molecular flexibility index (Phi) is 6.89. The van der Waals surface area contributed by atoms with Gasteiger partial charge in [-0.1, -0.05) is 13.8 Å². The van der Waals surface area contributed by atoms with Gasteiger partial charge in [-0.15, -0.1) is 0 Å². The van der Waals surface area contributed by atoms with Crippen LogP contribution in [0.25, 0.3) is 0 Å². The lowest BCUT2D eigenvalue weighted by atomic mass is 9.78. The molecule has 3 saturated heterocycles. The van der Waals surface area contributed by atoms with Crippen LogP contribution < -0.4 is 4.74 Å². The summed E-state index contributed by atoms with van der Waals surface area (Å²) in [4.78, 5) is 38.2. The standard InChI is InChI=1S/C25H29FO11S/c1-12(2)25(7-3-4-8-25)37-15-11-13(5-6-14(15)26)22(27)35-20-18-16(23(28)33-9-10-38(30,31)32)17-19(34-18)21(20)36-24(17)29/h5-6,11-12,16-21H,3-4,7-10H2,1-2H3,(H,30,31,32)/p-1. The number of ether oxygens (including phenoxy) is 5. The van der Waals surface area contributed by atoms with Gasteiger partial charge in [0.25, 0.3) is 0 Å². The van der Waals surface area contributed by atoms with E-state index in [1.165, 1.54) is 12.1 Å². The summed E-state index contributed by atoms with van der Waals surface area (Å²) in [6.07, 6.45) is -0.561. The lowest BCUT2D eigenvalue weighted by Gasteiger charge is -2.34. The summed E-state index contributed by atoms with van der Waals surface area (Å²) in [6.45, 7) is 3.33. The molecule has 1 aromatic carbocycles. The van der Waals surface area contributed by atoms with Gasteiger partial charge in [0.05, 0.1) is 21.4 Å². The van der Waals surface area contributed by atoms with Gasteiger partial charge in [-0.05, 0) is 49.8 Å². The summed E-state index contributed by atoms with van der Waals surface area (Å²) in [5, 5.41) is 0. The topological polar surface area (TPSA) is 155 Å². The molecule has 2 bridgehead atoms. The van der Waals surface area contributed by atoms with E-state index in [2.05, 4.69) is 0 Å². The fourth-order valence-corrected chi connectivity index (χ4v) is 6.26. The summed E-state index contributed by atoms with van der Waals surface area (Å²) in [7, 11) is -4.61. The lowest BCUT2D eigenvalue weighted by Crippen LogP contribution is -2.48. The molecule has 0 spiro atoms. The van der Waals surface area contributed by atoms with Crippen molar-refractivity contribution in [2.75, 3.05) is 12.4 Å². The number of fused-ring (bicyclic) bond motifs is 1. The van der Waals surface area contributed by atoms with Gasteiger partial charge in [0, 0.05) is 0 Å². The molecule has 6 atom stereocenters. The molecule has 1 aromatic rings. The summed E-state index contributed by atoms with van der Waals surface area (Å²) < 4.78 is 74.8. The number of rotatable bonds is 9. The van der Waals surface area contributed by atoms with Crippen molar-refractivity contribution in [3.8, 4) is 5.75 Å². The van der Waals surface area contributed by atoms with Crippen LogP contribution >= 0.6 is 0 Å². The van der Waals surface area contributed by atoms with E-state index in [0.29, 0.717) is 0 Å². The first-order chi connectivity index (χ1) is 17.9. The zero-order valence-electron chi connectivity index (χ0n) is 20.8. The molecule has 4 fully saturated rings. The minimum Gasteiger partial charge on any atom is -0.748 e. The van der Waals surface area contributed by atoms with Crippen LogP contribution in [0.3, 0.4) is 0 Å². The molecule has 208 valence electrons. The van der Waals surface area contributed by atoms with E-state index in [1.807, 2.05) is 13.8 Å². The Hall–Kier alpha value is -2.77. The van der Waals surface area contributed by atoms with Crippen molar-refractivity contribution in [1.82, 2.24) is 0 Å². The van der Waals surface area contributed by atoms with Crippen molar-refractivity contribution in [2.24, 2.45) is 17.8 Å². The zero-order chi connectivity index (χ0) is 27.4. The number of carbonyl (C=O) groups excluding carboxylic acids is 3. The molecule has 1 saturated carbocycles. The van der Waals surface area contributed by atoms with Gasteiger partial charge < -0.3 is 28.2 Å². The van der Waals surface area contributed by atoms with Crippen molar-refractivity contribution in [3.63, 3.8) is 0 Å². The maximum atomic E-state index is 14.7. The maximum Gasteiger partial charge on any atom is 0.338 e. The minimum absolute atomic E-state index is 0.00160. The Labute approximate surface area is 218 Å². The molecular weight excluding hydrogens is 527 g/mol. The van der Waals surface area contributed by atoms with Crippen LogP contribution in [0.15, 0.2) is 18.2 Å². The van der Waals surface area contributed by atoms with Gasteiger partial charge in [-0.25, -0.2) is 17.6 Å². The number of hydrogen-bond donors (Lipinski definition) is 0. The van der Waals surface area contributed by atoms with Crippen LogP contribution in [0.4, 0.5) is 4.39 Å². The van der Waals surface area contributed by atoms with Crippen molar-refractivity contribution in [3.05, 3.63) is 29.6 Å². The third-order valence-corrected chi connectivity index (χ3v) is 8.65. The first-order valence-electron chi connectivity index (χ1n) is 12.6. The Morgan fingerprint density at radius 2 is 1.89 bits per heavy atom. The fraction of sp³-hybridized carbons (Fsp3) is 0.640. The zero-order valence-corrected chi connectivity index (χ0v) is 21.6. The molecule has 0 aromatic heterocycles. The van der Waals surface area contributed by atoms with E-state index in [9.17, 15) is 31.7 Å². The predicted molar refractivity (Wildman–Crippen MR) is 123 cm³/mol. The minimum atomic E-state index is -4.61. The normalized spacial score (nSPS) is 30.9. The van der Waals surface area contributed by atoms with E-state index in [4.69, 9.17) is 23.7 Å². The van der Waals surface area contributed by atoms with Crippen molar-refractivity contribution >= 4 is 28.0 Å². The Morgan fingerprint density at radius 3 is 2.55 bits per heavy atom. The molecule has 1 aliphatic carbocycles. The molecule has 3 heterocycles. The smallest absolute Gasteiger partial charge is 0.338 e. The van der Waals surface area contributed by atoms with Crippen molar-refractivity contribution < 1.29 is 55.4 Å². The highest BCUT2D eigenvalue weighted by Crippen LogP contribution is 2.51. The summed E-state index contributed by atoms with van der Waals surface area (Å²) in [6, 6.07) is 3.63. The fourth-order valence-electron chi connectivity index (χ4n) is 5.97. The van der Waals surface area contributed by atoms with E-state index in [0.717, 1.165) is 31.7 Å². The Bertz CT molecular complexity index is 1240. The van der Waals surface area contributed by atoms with Gasteiger partial charge in [0.15, 0.2) is 23.8 Å². The molecule has 0 N–H and O–H groups in total. The molecule has 5 rings (SSSR count). The lowest BCUT2D eigenvalue weighted by molar-refractivity contribution is -0.155. The van der Waals surface area contributed by atoms with Crippen LogP contribution in [0.1, 0.15) is 49.9 Å². The summed E-state index contributed by atoms with van der Waals surface area (Å²) in [5.74, 6) is -6.24. The van der Waals surface area contributed by atoms with E-state index < -0.39 is 88.1 Å². The van der Waals surface area contributed by atoms with Crippen LogP contribution in [-0.2, 0) is 38.7 Å². The first kappa shape index (κ1) is 26.8. The molecule has 0 amide bonds. The molecule has 13 heteroatoms. The maximum absolute atomic E-state index is 14.7. The first-order valence-corrected chi connectivity index (χ1v) is 14.1. The molecular formula is C25H28FO11S-. The number of halogens is 1. The number of carbonyl (C=O) groups is 3. The van der Waals surface area contributed by atoms with E-state index in [-0.39, 0.29) is 17.2 Å². The van der Waals surface area contributed by atoms with E-state index >= 15 is 0 Å².